The molecule has 1 N–H and O–H groups in total. The molecule has 1 heterocycles. The lowest BCUT2D eigenvalue weighted by atomic mass is 10.0. The summed E-state index contributed by atoms with van der Waals surface area (Å²) in [5, 5.41) is 3.14. The van der Waals surface area contributed by atoms with Gasteiger partial charge in [0.15, 0.2) is 0 Å². The fourth-order valence-electron chi connectivity index (χ4n) is 2.07. The molecule has 2 atom stereocenters. The third kappa shape index (κ3) is 2.21. The van der Waals surface area contributed by atoms with Gasteiger partial charge in [0.25, 0.3) is 0 Å². The largest absolute Gasteiger partial charge is 0.340 e. The standard InChI is InChI=1S/C10H20N2O/c1-4-5-12-8(2)9(7-11-3)6-10(12)13/h8-9,11H,4-7H2,1-3H3. The summed E-state index contributed by atoms with van der Waals surface area (Å²) in [4.78, 5) is 13.6. The second-order valence-corrected chi connectivity index (χ2v) is 3.85. The monoisotopic (exact) mass is 184 g/mol. The zero-order valence-electron chi connectivity index (χ0n) is 8.84. The summed E-state index contributed by atoms with van der Waals surface area (Å²) >= 11 is 0. The van der Waals surface area contributed by atoms with Crippen molar-refractivity contribution in [3.63, 3.8) is 0 Å². The van der Waals surface area contributed by atoms with Crippen LogP contribution in [0.4, 0.5) is 0 Å². The van der Waals surface area contributed by atoms with Crippen LogP contribution in [0.15, 0.2) is 0 Å². The lowest BCUT2D eigenvalue weighted by Gasteiger charge is -2.24. The number of hydrogen-bond donors (Lipinski definition) is 1. The minimum Gasteiger partial charge on any atom is -0.340 e. The molecule has 1 fully saturated rings. The number of carbonyl (C=O) groups is 1. The van der Waals surface area contributed by atoms with Gasteiger partial charge in [-0.15, -0.1) is 0 Å². The molecule has 1 rings (SSSR count). The minimum absolute atomic E-state index is 0.328. The van der Waals surface area contributed by atoms with Crippen molar-refractivity contribution < 1.29 is 4.79 Å². The maximum Gasteiger partial charge on any atom is 0.223 e. The Morgan fingerprint density at radius 1 is 1.62 bits per heavy atom. The molecule has 0 bridgehead atoms. The van der Waals surface area contributed by atoms with Crippen molar-refractivity contribution in [1.82, 2.24) is 10.2 Å². The van der Waals surface area contributed by atoms with E-state index in [1.54, 1.807) is 0 Å². The third-order valence-corrected chi connectivity index (χ3v) is 2.86. The third-order valence-electron chi connectivity index (χ3n) is 2.86. The molecule has 0 saturated carbocycles. The summed E-state index contributed by atoms with van der Waals surface area (Å²) in [6.45, 7) is 6.14. The van der Waals surface area contributed by atoms with Crippen molar-refractivity contribution in [2.24, 2.45) is 5.92 Å². The van der Waals surface area contributed by atoms with Gasteiger partial charge < -0.3 is 10.2 Å². The van der Waals surface area contributed by atoms with Crippen molar-refractivity contribution in [3.05, 3.63) is 0 Å². The summed E-state index contributed by atoms with van der Waals surface area (Å²) in [6.07, 6.45) is 1.78. The quantitative estimate of drug-likeness (QED) is 0.702. The van der Waals surface area contributed by atoms with Crippen molar-refractivity contribution >= 4 is 5.91 Å². The molecule has 13 heavy (non-hydrogen) atoms. The SMILES string of the molecule is CCCN1C(=O)CC(CNC)C1C. The van der Waals surface area contributed by atoms with Crippen LogP contribution in [0.2, 0.25) is 0 Å². The van der Waals surface area contributed by atoms with Gasteiger partial charge in [-0.05, 0) is 20.4 Å². The average Bonchev–Trinajstić information content (AvgIpc) is 2.34. The van der Waals surface area contributed by atoms with E-state index in [9.17, 15) is 4.79 Å². The Balaban J connectivity index is 2.53. The Morgan fingerprint density at radius 2 is 2.31 bits per heavy atom. The Kier molecular flexibility index (Phi) is 3.72. The molecule has 3 heteroatoms. The first-order valence-corrected chi connectivity index (χ1v) is 5.14. The van der Waals surface area contributed by atoms with E-state index in [0.717, 1.165) is 25.9 Å². The van der Waals surface area contributed by atoms with Gasteiger partial charge in [-0.3, -0.25) is 4.79 Å². The van der Waals surface area contributed by atoms with E-state index in [0.29, 0.717) is 17.9 Å². The Bertz CT molecular complexity index is 182. The molecular weight excluding hydrogens is 164 g/mol. The number of carbonyl (C=O) groups excluding carboxylic acids is 1. The van der Waals surface area contributed by atoms with Crippen LogP contribution in [-0.2, 0) is 4.79 Å². The van der Waals surface area contributed by atoms with Gasteiger partial charge in [-0.25, -0.2) is 0 Å². The maximum atomic E-state index is 11.6. The van der Waals surface area contributed by atoms with Crippen LogP contribution >= 0.6 is 0 Å². The van der Waals surface area contributed by atoms with Crippen molar-refractivity contribution in [2.45, 2.75) is 32.7 Å². The first-order valence-electron chi connectivity index (χ1n) is 5.14. The van der Waals surface area contributed by atoms with E-state index >= 15 is 0 Å². The predicted molar refractivity (Wildman–Crippen MR) is 53.5 cm³/mol. The maximum absolute atomic E-state index is 11.6. The number of amides is 1. The highest BCUT2D eigenvalue weighted by Crippen LogP contribution is 2.24. The van der Waals surface area contributed by atoms with Crippen molar-refractivity contribution in [2.75, 3.05) is 20.1 Å². The summed E-state index contributed by atoms with van der Waals surface area (Å²) in [7, 11) is 1.94. The van der Waals surface area contributed by atoms with E-state index in [1.807, 2.05) is 11.9 Å². The summed E-state index contributed by atoms with van der Waals surface area (Å²) in [5.41, 5.74) is 0. The van der Waals surface area contributed by atoms with E-state index in [1.165, 1.54) is 0 Å². The summed E-state index contributed by atoms with van der Waals surface area (Å²) in [6, 6.07) is 0.417. The highest BCUT2D eigenvalue weighted by atomic mass is 16.2. The molecule has 1 aliphatic heterocycles. The molecule has 1 saturated heterocycles. The van der Waals surface area contributed by atoms with Gasteiger partial charge in [0, 0.05) is 31.5 Å². The zero-order chi connectivity index (χ0) is 9.84. The first kappa shape index (κ1) is 10.5. The number of rotatable bonds is 4. The Morgan fingerprint density at radius 3 is 2.85 bits per heavy atom. The van der Waals surface area contributed by atoms with Crippen LogP contribution in [0.5, 0.6) is 0 Å². The molecule has 3 nitrogen and oxygen atoms in total. The predicted octanol–water partition coefficient (Wildman–Crippen LogP) is 0.853. The van der Waals surface area contributed by atoms with Gasteiger partial charge >= 0.3 is 0 Å². The van der Waals surface area contributed by atoms with E-state index < -0.39 is 0 Å². The molecular formula is C10H20N2O. The number of nitrogens with one attached hydrogen (secondary N) is 1. The smallest absolute Gasteiger partial charge is 0.223 e. The molecule has 0 aliphatic carbocycles. The van der Waals surface area contributed by atoms with Crippen LogP contribution in [0, 0.1) is 5.92 Å². The Hall–Kier alpha value is -0.570. The second kappa shape index (κ2) is 4.61. The topological polar surface area (TPSA) is 32.3 Å². The van der Waals surface area contributed by atoms with Crippen molar-refractivity contribution in [1.29, 1.82) is 0 Å². The van der Waals surface area contributed by atoms with Gasteiger partial charge in [0.05, 0.1) is 0 Å². The summed E-state index contributed by atoms with van der Waals surface area (Å²) in [5.74, 6) is 0.832. The lowest BCUT2D eigenvalue weighted by molar-refractivity contribution is -0.128. The number of likely N-dealkylation sites (tertiary alicyclic amines) is 1. The molecule has 0 aromatic carbocycles. The van der Waals surface area contributed by atoms with Gasteiger partial charge in [-0.1, -0.05) is 6.92 Å². The van der Waals surface area contributed by atoms with Crippen LogP contribution in [0.3, 0.4) is 0 Å². The van der Waals surface area contributed by atoms with Crippen LogP contribution in [0.25, 0.3) is 0 Å². The van der Waals surface area contributed by atoms with Crippen LogP contribution < -0.4 is 5.32 Å². The van der Waals surface area contributed by atoms with Gasteiger partial charge in [-0.2, -0.15) is 0 Å². The van der Waals surface area contributed by atoms with Gasteiger partial charge in [0.2, 0.25) is 5.91 Å². The van der Waals surface area contributed by atoms with Gasteiger partial charge in [0.1, 0.15) is 0 Å². The molecule has 1 aliphatic rings. The molecule has 0 aromatic heterocycles. The second-order valence-electron chi connectivity index (χ2n) is 3.85. The van der Waals surface area contributed by atoms with E-state index in [-0.39, 0.29) is 0 Å². The Labute approximate surface area is 80.5 Å². The average molecular weight is 184 g/mol. The number of nitrogens with zero attached hydrogens (tertiary/aromatic N) is 1. The fourth-order valence-corrected chi connectivity index (χ4v) is 2.07. The molecule has 0 radical (unpaired) electrons. The number of hydrogen-bond acceptors (Lipinski definition) is 2. The normalized spacial score (nSPS) is 28.5. The van der Waals surface area contributed by atoms with Crippen LogP contribution in [-0.4, -0.2) is 37.0 Å². The van der Waals surface area contributed by atoms with E-state index in [2.05, 4.69) is 19.2 Å². The molecule has 1 amide bonds. The first-order chi connectivity index (χ1) is 6.20. The van der Waals surface area contributed by atoms with E-state index in [4.69, 9.17) is 0 Å². The highest BCUT2D eigenvalue weighted by Gasteiger charge is 2.35. The molecule has 76 valence electrons. The van der Waals surface area contributed by atoms with Crippen LogP contribution in [0.1, 0.15) is 26.7 Å². The highest BCUT2D eigenvalue weighted by molar-refractivity contribution is 5.79. The van der Waals surface area contributed by atoms with Crippen molar-refractivity contribution in [3.8, 4) is 0 Å². The molecule has 0 spiro atoms. The summed E-state index contributed by atoms with van der Waals surface area (Å²) < 4.78 is 0. The molecule has 0 aromatic rings. The molecule has 2 unspecified atom stereocenters. The minimum atomic E-state index is 0.328. The zero-order valence-corrected chi connectivity index (χ0v) is 8.84. The fraction of sp³-hybridized carbons (Fsp3) is 0.900. The lowest BCUT2D eigenvalue weighted by Crippen LogP contribution is -2.35.